The number of amides is 1. The molecule has 1 atom stereocenters. The number of aryl methyl sites for hydroxylation is 2. The van der Waals surface area contributed by atoms with Gasteiger partial charge < -0.3 is 20.5 Å². The molecule has 224 valence electrons. The van der Waals surface area contributed by atoms with E-state index in [1.54, 1.807) is 6.07 Å². The van der Waals surface area contributed by atoms with Gasteiger partial charge in [0.25, 0.3) is 0 Å². The van der Waals surface area contributed by atoms with Crippen LogP contribution in [0.2, 0.25) is 0 Å². The van der Waals surface area contributed by atoms with E-state index in [-0.39, 0.29) is 31.0 Å². The summed E-state index contributed by atoms with van der Waals surface area (Å²) >= 11 is 0. The Morgan fingerprint density at radius 1 is 1.07 bits per heavy atom. The Kier molecular flexibility index (Phi) is 11.5. The molecule has 1 aliphatic heterocycles. The van der Waals surface area contributed by atoms with Crippen molar-refractivity contribution in [2.24, 2.45) is 0 Å². The molecule has 1 aromatic carbocycles. The van der Waals surface area contributed by atoms with Crippen LogP contribution in [0.15, 0.2) is 48.8 Å². The molecule has 4 rings (SSSR count). The third-order valence-corrected chi connectivity index (χ3v) is 7.02. The van der Waals surface area contributed by atoms with Crippen molar-refractivity contribution >= 4 is 17.7 Å². The van der Waals surface area contributed by atoms with Gasteiger partial charge >= 0.3 is 12.0 Å². The molecule has 12 heteroatoms. The minimum atomic E-state index is -1.17. The molecular weight excluding hydrogens is 546 g/mol. The summed E-state index contributed by atoms with van der Waals surface area (Å²) in [5.41, 5.74) is 2.47. The van der Waals surface area contributed by atoms with Crippen molar-refractivity contribution in [1.82, 2.24) is 25.2 Å². The Hall–Kier alpha value is -4.19. The summed E-state index contributed by atoms with van der Waals surface area (Å²) in [4.78, 5) is 38.8. The standard InChI is InChI=1S/C30H36F2N6O4/c31-23-19-34-30(35-20-23)42-17-16-38(14-4-3-8-24-11-10-21-7-5-13-33-28(21)36-24)15-12-26(29(40)41)37-27(39)18-22-6-1-2-9-25(22)32/h1-2,6,9-11,19-20,26H,3-5,7-8,12-18H2,(H,33,36)(H,37,39)(H,40,41)/t26-/m0/s1. The Labute approximate surface area is 243 Å². The lowest BCUT2D eigenvalue weighted by atomic mass is 10.1. The van der Waals surface area contributed by atoms with E-state index in [1.165, 1.54) is 23.8 Å². The van der Waals surface area contributed by atoms with Crippen molar-refractivity contribution in [2.45, 2.75) is 51.0 Å². The number of carbonyl (C=O) groups is 2. The largest absolute Gasteiger partial charge is 0.480 e. The lowest BCUT2D eigenvalue weighted by Crippen LogP contribution is -2.44. The highest BCUT2D eigenvalue weighted by Crippen LogP contribution is 2.20. The van der Waals surface area contributed by atoms with Crippen molar-refractivity contribution in [3.05, 3.63) is 77.2 Å². The van der Waals surface area contributed by atoms with Crippen LogP contribution in [0.5, 0.6) is 6.01 Å². The normalized spacial score (nSPS) is 13.2. The van der Waals surface area contributed by atoms with Crippen LogP contribution in [0.25, 0.3) is 0 Å². The molecule has 0 fully saturated rings. The first-order valence-corrected chi connectivity index (χ1v) is 14.2. The maximum Gasteiger partial charge on any atom is 0.326 e. The third-order valence-electron chi connectivity index (χ3n) is 7.02. The number of benzene rings is 1. The number of carboxylic acid groups (broad SMARTS) is 1. The van der Waals surface area contributed by atoms with Crippen molar-refractivity contribution in [3.63, 3.8) is 0 Å². The Morgan fingerprint density at radius 3 is 2.67 bits per heavy atom. The number of hydrogen-bond acceptors (Lipinski definition) is 8. The van der Waals surface area contributed by atoms with Gasteiger partial charge in [0.05, 0.1) is 18.8 Å². The molecule has 1 aliphatic rings. The zero-order valence-electron chi connectivity index (χ0n) is 23.4. The number of nitrogens with one attached hydrogen (secondary N) is 2. The van der Waals surface area contributed by atoms with Gasteiger partial charge in [-0.05, 0) is 68.3 Å². The Morgan fingerprint density at radius 2 is 1.88 bits per heavy atom. The second-order valence-electron chi connectivity index (χ2n) is 10.2. The maximum absolute atomic E-state index is 13.9. The molecule has 0 bridgehead atoms. The number of carboxylic acids is 1. The monoisotopic (exact) mass is 582 g/mol. The summed E-state index contributed by atoms with van der Waals surface area (Å²) in [6.07, 6.45) is 6.60. The average molecular weight is 583 g/mol. The number of carbonyl (C=O) groups excluding carboxylic acids is 1. The first-order chi connectivity index (χ1) is 20.4. The number of pyridine rings is 1. The van der Waals surface area contributed by atoms with Gasteiger partial charge in [0, 0.05) is 25.3 Å². The Bertz CT molecular complexity index is 1330. The smallest absolute Gasteiger partial charge is 0.326 e. The number of nitrogens with zero attached hydrogens (tertiary/aromatic N) is 4. The van der Waals surface area contributed by atoms with E-state index in [4.69, 9.17) is 9.72 Å². The number of aliphatic carboxylic acids is 1. The predicted octanol–water partition coefficient (Wildman–Crippen LogP) is 3.41. The average Bonchev–Trinajstić information content (AvgIpc) is 2.99. The van der Waals surface area contributed by atoms with Crippen molar-refractivity contribution in [1.29, 1.82) is 0 Å². The summed E-state index contributed by atoms with van der Waals surface area (Å²) in [6.45, 7) is 2.61. The number of hydrogen-bond donors (Lipinski definition) is 3. The number of aromatic nitrogens is 3. The van der Waals surface area contributed by atoms with Gasteiger partial charge in [0.15, 0.2) is 5.82 Å². The van der Waals surface area contributed by atoms with Crippen LogP contribution in [-0.2, 0) is 28.9 Å². The SMILES string of the molecule is O=C(Cc1ccccc1F)N[C@@H](CCN(CCCCc1ccc2c(n1)NCCC2)CCOc1ncc(F)cn1)C(=O)O. The fourth-order valence-corrected chi connectivity index (χ4v) is 4.76. The molecule has 0 unspecified atom stereocenters. The van der Waals surface area contributed by atoms with E-state index >= 15 is 0 Å². The van der Waals surface area contributed by atoms with Crippen LogP contribution < -0.4 is 15.4 Å². The highest BCUT2D eigenvalue weighted by Gasteiger charge is 2.22. The van der Waals surface area contributed by atoms with Gasteiger partial charge in [-0.2, -0.15) is 0 Å². The van der Waals surface area contributed by atoms with Crippen molar-refractivity contribution in [2.75, 3.05) is 38.1 Å². The highest BCUT2D eigenvalue weighted by atomic mass is 19.1. The lowest BCUT2D eigenvalue weighted by molar-refractivity contribution is -0.142. The minimum absolute atomic E-state index is 0.0484. The topological polar surface area (TPSA) is 130 Å². The van der Waals surface area contributed by atoms with Crippen molar-refractivity contribution in [3.8, 4) is 6.01 Å². The molecule has 0 saturated carbocycles. The second kappa shape index (κ2) is 15.7. The molecule has 0 saturated heterocycles. The van der Waals surface area contributed by atoms with Gasteiger partial charge in [-0.1, -0.05) is 24.3 Å². The van der Waals surface area contributed by atoms with Gasteiger partial charge in [0.2, 0.25) is 5.91 Å². The van der Waals surface area contributed by atoms with Crippen LogP contribution in [0.4, 0.5) is 14.6 Å². The molecule has 3 heterocycles. The summed E-state index contributed by atoms with van der Waals surface area (Å²) in [7, 11) is 0. The number of halogens is 2. The summed E-state index contributed by atoms with van der Waals surface area (Å²) in [6, 6.07) is 9.01. The van der Waals surface area contributed by atoms with E-state index in [2.05, 4.69) is 32.7 Å². The zero-order chi connectivity index (χ0) is 29.7. The fourth-order valence-electron chi connectivity index (χ4n) is 4.76. The summed E-state index contributed by atoms with van der Waals surface area (Å²) in [5.74, 6) is -1.84. The van der Waals surface area contributed by atoms with Gasteiger partial charge in [0.1, 0.15) is 24.3 Å². The maximum atomic E-state index is 13.9. The molecule has 1 amide bonds. The third kappa shape index (κ3) is 9.72. The quantitative estimate of drug-likeness (QED) is 0.218. The molecular formula is C30H36F2N6O4. The molecule has 0 radical (unpaired) electrons. The Balaban J connectivity index is 1.29. The molecule has 0 spiro atoms. The van der Waals surface area contributed by atoms with E-state index in [9.17, 15) is 23.5 Å². The highest BCUT2D eigenvalue weighted by molar-refractivity contribution is 5.84. The number of unbranched alkanes of at least 4 members (excludes halogenated alkanes) is 1. The summed E-state index contributed by atoms with van der Waals surface area (Å²) in [5, 5.41) is 15.6. The second-order valence-corrected chi connectivity index (χ2v) is 10.2. The van der Waals surface area contributed by atoms with E-state index in [0.717, 1.165) is 62.6 Å². The molecule has 3 aromatic rings. The molecule has 2 aromatic heterocycles. The zero-order valence-corrected chi connectivity index (χ0v) is 23.4. The number of rotatable bonds is 16. The predicted molar refractivity (Wildman–Crippen MR) is 152 cm³/mol. The lowest BCUT2D eigenvalue weighted by Gasteiger charge is -2.24. The van der Waals surface area contributed by atoms with Crippen LogP contribution in [0, 0.1) is 11.6 Å². The molecule has 42 heavy (non-hydrogen) atoms. The van der Waals surface area contributed by atoms with E-state index < -0.39 is 29.6 Å². The van der Waals surface area contributed by atoms with Gasteiger partial charge in [-0.3, -0.25) is 9.69 Å². The van der Waals surface area contributed by atoms with E-state index in [1.807, 2.05) is 4.90 Å². The number of anilines is 1. The minimum Gasteiger partial charge on any atom is -0.480 e. The van der Waals surface area contributed by atoms with Gasteiger partial charge in [-0.25, -0.2) is 28.5 Å². The first kappa shape index (κ1) is 30.8. The van der Waals surface area contributed by atoms with Crippen LogP contribution in [0.1, 0.15) is 42.5 Å². The fraction of sp³-hybridized carbons (Fsp3) is 0.433. The van der Waals surface area contributed by atoms with E-state index in [0.29, 0.717) is 19.6 Å². The van der Waals surface area contributed by atoms with Crippen molar-refractivity contribution < 1.29 is 28.2 Å². The molecule has 0 aliphatic carbocycles. The molecule has 3 N–H and O–H groups in total. The number of ether oxygens (including phenoxy) is 1. The number of fused-ring (bicyclic) bond motifs is 1. The summed E-state index contributed by atoms with van der Waals surface area (Å²) < 4.78 is 32.6. The van der Waals surface area contributed by atoms with Crippen LogP contribution in [-0.4, -0.2) is 75.7 Å². The first-order valence-electron chi connectivity index (χ1n) is 14.2. The van der Waals surface area contributed by atoms with Gasteiger partial charge in [-0.15, -0.1) is 0 Å². The van der Waals surface area contributed by atoms with Crippen LogP contribution in [0.3, 0.4) is 0 Å². The van der Waals surface area contributed by atoms with Crippen LogP contribution >= 0.6 is 0 Å². The molecule has 10 nitrogen and oxygen atoms in total.